The molecule has 0 saturated carbocycles. The Balaban J connectivity index is 1.20. The van der Waals surface area contributed by atoms with Gasteiger partial charge < -0.3 is 9.47 Å². The predicted octanol–water partition coefficient (Wildman–Crippen LogP) is 4.24. The van der Waals surface area contributed by atoms with E-state index in [0.29, 0.717) is 11.9 Å². The number of halogens is 1. The van der Waals surface area contributed by atoms with E-state index in [1.807, 2.05) is 6.07 Å². The van der Waals surface area contributed by atoms with Crippen molar-refractivity contribution in [1.29, 1.82) is 0 Å². The molecule has 0 aliphatic carbocycles. The molecule has 0 unspecified atom stereocenters. The number of nitrogens with zero attached hydrogens (tertiary/aromatic N) is 3. The van der Waals surface area contributed by atoms with Gasteiger partial charge in [0, 0.05) is 50.2 Å². The molecule has 1 saturated heterocycles. The van der Waals surface area contributed by atoms with Crippen LogP contribution in [0.25, 0.3) is 10.9 Å². The van der Waals surface area contributed by atoms with Gasteiger partial charge in [0.25, 0.3) is 0 Å². The summed E-state index contributed by atoms with van der Waals surface area (Å²) in [5, 5.41) is 1.77. The maximum Gasteiger partial charge on any atom is 0.231 e. The van der Waals surface area contributed by atoms with Crippen LogP contribution in [-0.2, 0) is 13.1 Å². The van der Waals surface area contributed by atoms with Crippen molar-refractivity contribution < 1.29 is 9.47 Å². The van der Waals surface area contributed by atoms with Gasteiger partial charge in [-0.2, -0.15) is 0 Å². The molecule has 3 heterocycles. The highest BCUT2D eigenvalue weighted by atomic mass is 35.5. The highest BCUT2D eigenvalue weighted by Crippen LogP contribution is 2.33. The van der Waals surface area contributed by atoms with Crippen LogP contribution in [0.4, 0.5) is 0 Å². The van der Waals surface area contributed by atoms with Crippen LogP contribution < -0.4 is 9.47 Å². The molecular formula is C23H24ClN3O2. The van der Waals surface area contributed by atoms with E-state index < -0.39 is 0 Å². The normalized spacial score (nSPS) is 17.2. The predicted molar refractivity (Wildman–Crippen MR) is 115 cm³/mol. The quantitative estimate of drug-likeness (QED) is 0.602. The monoisotopic (exact) mass is 409 g/mol. The van der Waals surface area contributed by atoms with E-state index in [9.17, 15) is 0 Å². The SMILES string of the molecule is Cc1ccc2cc(CN3CCN(Cc4ccc5c(c4)OCO5)CC3)c(Cl)nc2c1. The second-order valence-electron chi connectivity index (χ2n) is 7.87. The lowest BCUT2D eigenvalue weighted by Crippen LogP contribution is -2.45. The van der Waals surface area contributed by atoms with Crippen LogP contribution in [0.2, 0.25) is 5.15 Å². The fourth-order valence-electron chi connectivity index (χ4n) is 4.05. The topological polar surface area (TPSA) is 37.8 Å². The zero-order valence-corrected chi connectivity index (χ0v) is 17.3. The fourth-order valence-corrected chi connectivity index (χ4v) is 4.26. The molecule has 0 spiro atoms. The summed E-state index contributed by atoms with van der Waals surface area (Å²) in [5.74, 6) is 1.70. The first-order chi connectivity index (χ1) is 14.1. The van der Waals surface area contributed by atoms with Gasteiger partial charge in [0.05, 0.1) is 5.52 Å². The number of hydrogen-bond acceptors (Lipinski definition) is 5. The number of rotatable bonds is 4. The maximum atomic E-state index is 6.49. The molecule has 0 radical (unpaired) electrons. The molecular weight excluding hydrogens is 386 g/mol. The lowest BCUT2D eigenvalue weighted by atomic mass is 10.1. The fraction of sp³-hybridized carbons (Fsp3) is 0.348. The van der Waals surface area contributed by atoms with Gasteiger partial charge in [0.1, 0.15) is 5.15 Å². The van der Waals surface area contributed by atoms with E-state index in [1.54, 1.807) is 0 Å². The van der Waals surface area contributed by atoms with E-state index in [1.165, 1.54) is 11.1 Å². The van der Waals surface area contributed by atoms with Gasteiger partial charge >= 0.3 is 0 Å². The molecule has 6 heteroatoms. The minimum atomic E-state index is 0.323. The minimum absolute atomic E-state index is 0.323. The number of aryl methyl sites for hydroxylation is 1. The van der Waals surface area contributed by atoms with Crippen LogP contribution in [0.15, 0.2) is 42.5 Å². The molecule has 2 aliphatic rings. The molecule has 5 nitrogen and oxygen atoms in total. The number of benzene rings is 2. The molecule has 150 valence electrons. The van der Waals surface area contributed by atoms with Crippen molar-refractivity contribution in [3.63, 3.8) is 0 Å². The molecule has 1 fully saturated rings. The van der Waals surface area contributed by atoms with Crippen molar-refractivity contribution in [2.24, 2.45) is 0 Å². The molecule has 0 amide bonds. The van der Waals surface area contributed by atoms with Gasteiger partial charge in [-0.25, -0.2) is 4.98 Å². The summed E-state index contributed by atoms with van der Waals surface area (Å²) in [4.78, 5) is 9.55. The van der Waals surface area contributed by atoms with Crippen LogP contribution in [0, 0.1) is 6.92 Å². The Bertz CT molecular complexity index is 1050. The minimum Gasteiger partial charge on any atom is -0.454 e. The van der Waals surface area contributed by atoms with Gasteiger partial charge in [-0.1, -0.05) is 29.8 Å². The Labute approximate surface area is 175 Å². The zero-order valence-electron chi connectivity index (χ0n) is 16.5. The van der Waals surface area contributed by atoms with Crippen LogP contribution in [0.1, 0.15) is 16.7 Å². The summed E-state index contributed by atoms with van der Waals surface area (Å²) >= 11 is 6.49. The van der Waals surface area contributed by atoms with Gasteiger partial charge in [0.2, 0.25) is 6.79 Å². The molecule has 2 aliphatic heterocycles. The van der Waals surface area contributed by atoms with Crippen molar-refractivity contribution in [2.75, 3.05) is 33.0 Å². The van der Waals surface area contributed by atoms with Crippen molar-refractivity contribution in [2.45, 2.75) is 20.0 Å². The first kappa shape index (κ1) is 18.7. The van der Waals surface area contributed by atoms with E-state index >= 15 is 0 Å². The number of aromatic nitrogens is 1. The number of piperazine rings is 1. The molecule has 1 aromatic heterocycles. The summed E-state index contributed by atoms with van der Waals surface area (Å²) < 4.78 is 10.9. The third-order valence-electron chi connectivity index (χ3n) is 5.70. The van der Waals surface area contributed by atoms with E-state index in [-0.39, 0.29) is 0 Å². The highest BCUT2D eigenvalue weighted by molar-refractivity contribution is 6.30. The van der Waals surface area contributed by atoms with Gasteiger partial charge in [-0.05, 0) is 42.3 Å². The van der Waals surface area contributed by atoms with Crippen LogP contribution in [0.5, 0.6) is 11.5 Å². The number of pyridine rings is 1. The Morgan fingerprint density at radius 2 is 1.66 bits per heavy atom. The number of fused-ring (bicyclic) bond motifs is 2. The smallest absolute Gasteiger partial charge is 0.231 e. The lowest BCUT2D eigenvalue weighted by molar-refractivity contribution is 0.122. The largest absolute Gasteiger partial charge is 0.454 e. The molecule has 29 heavy (non-hydrogen) atoms. The van der Waals surface area contributed by atoms with Crippen molar-refractivity contribution in [1.82, 2.24) is 14.8 Å². The van der Waals surface area contributed by atoms with Gasteiger partial charge in [0.15, 0.2) is 11.5 Å². The van der Waals surface area contributed by atoms with Crippen molar-refractivity contribution in [3.8, 4) is 11.5 Å². The second kappa shape index (κ2) is 7.82. The molecule has 3 aromatic rings. The van der Waals surface area contributed by atoms with Crippen LogP contribution in [-0.4, -0.2) is 47.8 Å². The Kier molecular flexibility index (Phi) is 5.04. The molecule has 0 bridgehead atoms. The summed E-state index contributed by atoms with van der Waals surface area (Å²) in [6, 6.07) is 14.7. The Morgan fingerprint density at radius 1 is 0.897 bits per heavy atom. The lowest BCUT2D eigenvalue weighted by Gasteiger charge is -2.34. The number of ether oxygens (including phenoxy) is 2. The standard InChI is InChI=1S/C23H24ClN3O2/c1-16-2-4-18-12-19(23(24)25-20(18)10-16)14-27-8-6-26(7-9-27)13-17-3-5-21-22(11-17)29-15-28-21/h2-5,10-12H,6-9,13-15H2,1H3. The molecule has 0 atom stereocenters. The Morgan fingerprint density at radius 3 is 2.48 bits per heavy atom. The number of hydrogen-bond donors (Lipinski definition) is 0. The van der Waals surface area contributed by atoms with E-state index in [2.05, 4.69) is 58.1 Å². The first-order valence-electron chi connectivity index (χ1n) is 10.0. The third kappa shape index (κ3) is 4.04. The maximum absolute atomic E-state index is 6.49. The molecule has 2 aromatic carbocycles. The van der Waals surface area contributed by atoms with Crippen molar-refractivity contribution >= 4 is 22.5 Å². The second-order valence-corrected chi connectivity index (χ2v) is 8.23. The van der Waals surface area contributed by atoms with Crippen LogP contribution >= 0.6 is 11.6 Å². The zero-order chi connectivity index (χ0) is 19.8. The summed E-state index contributed by atoms with van der Waals surface area (Å²) in [6.45, 7) is 8.28. The van der Waals surface area contributed by atoms with E-state index in [4.69, 9.17) is 21.1 Å². The summed E-state index contributed by atoms with van der Waals surface area (Å²) in [5.41, 5.74) is 4.53. The van der Waals surface area contributed by atoms with Crippen molar-refractivity contribution in [3.05, 3.63) is 64.3 Å². The summed E-state index contributed by atoms with van der Waals surface area (Å²) in [7, 11) is 0. The molecule has 0 N–H and O–H groups in total. The third-order valence-corrected chi connectivity index (χ3v) is 6.03. The average Bonchev–Trinajstić information content (AvgIpc) is 3.18. The highest BCUT2D eigenvalue weighted by Gasteiger charge is 2.20. The van der Waals surface area contributed by atoms with Gasteiger partial charge in [-0.15, -0.1) is 0 Å². The Hall–Kier alpha value is -2.34. The van der Waals surface area contributed by atoms with Crippen LogP contribution in [0.3, 0.4) is 0 Å². The van der Waals surface area contributed by atoms with E-state index in [0.717, 1.165) is 67.2 Å². The first-order valence-corrected chi connectivity index (χ1v) is 10.4. The van der Waals surface area contributed by atoms with Gasteiger partial charge in [-0.3, -0.25) is 9.80 Å². The average molecular weight is 410 g/mol. The summed E-state index contributed by atoms with van der Waals surface area (Å²) in [6.07, 6.45) is 0. The molecule has 5 rings (SSSR count).